The maximum Gasteiger partial charge on any atom is 0.169 e. The number of nitrogens with zero attached hydrogens (tertiary/aromatic N) is 1. The summed E-state index contributed by atoms with van der Waals surface area (Å²) in [5, 5.41) is 13.2. The van der Waals surface area contributed by atoms with Crippen molar-refractivity contribution in [1.29, 1.82) is 0 Å². The van der Waals surface area contributed by atoms with Gasteiger partial charge in [0.25, 0.3) is 0 Å². The third-order valence-corrected chi connectivity index (χ3v) is 6.65. The fraction of sp³-hybridized carbons (Fsp3) is 0.778. The summed E-state index contributed by atoms with van der Waals surface area (Å²) in [5.74, 6) is 1.58. The van der Waals surface area contributed by atoms with E-state index in [0.717, 1.165) is 55.8 Å². The van der Waals surface area contributed by atoms with Gasteiger partial charge in [-0.2, -0.15) is 0 Å². The van der Waals surface area contributed by atoms with Gasteiger partial charge in [-0.1, -0.05) is 71.6 Å². The average molecular weight is 434 g/mol. The van der Waals surface area contributed by atoms with E-state index in [1.54, 1.807) is 7.11 Å². The van der Waals surface area contributed by atoms with Crippen molar-refractivity contribution in [2.45, 2.75) is 110 Å². The monoisotopic (exact) mass is 433 g/mol. The highest BCUT2D eigenvalue weighted by Gasteiger charge is 2.25. The molecule has 0 radical (unpaired) electrons. The minimum absolute atomic E-state index is 0.120. The molecule has 0 saturated carbocycles. The van der Waals surface area contributed by atoms with Gasteiger partial charge in [-0.3, -0.25) is 0 Å². The molecule has 0 amide bonds. The molecule has 1 aliphatic rings. The van der Waals surface area contributed by atoms with Gasteiger partial charge in [-0.05, 0) is 49.8 Å². The van der Waals surface area contributed by atoms with Crippen LogP contribution in [0.4, 0.5) is 0 Å². The molecule has 2 rings (SSSR count). The number of likely N-dealkylation sites (tertiary alicyclic amines) is 1. The summed E-state index contributed by atoms with van der Waals surface area (Å²) < 4.78 is 11.8. The van der Waals surface area contributed by atoms with Gasteiger partial charge in [-0.25, -0.2) is 0 Å². The summed E-state index contributed by atoms with van der Waals surface area (Å²) in [6.07, 6.45) is 17.3. The van der Waals surface area contributed by atoms with E-state index in [1.165, 1.54) is 69.8 Å². The van der Waals surface area contributed by atoms with E-state index in [1.807, 2.05) is 0 Å². The number of quaternary nitrogens is 1. The van der Waals surface area contributed by atoms with Crippen LogP contribution in [0.3, 0.4) is 0 Å². The minimum Gasteiger partial charge on any atom is -0.633 e. The molecule has 1 aliphatic heterocycles. The molecule has 4 nitrogen and oxygen atoms in total. The molecule has 178 valence electrons. The van der Waals surface area contributed by atoms with E-state index in [-0.39, 0.29) is 4.65 Å². The van der Waals surface area contributed by atoms with E-state index < -0.39 is 0 Å². The molecular formula is C27H47NO3. The highest BCUT2D eigenvalue weighted by atomic mass is 16.5. The number of methoxy groups -OCH3 is 1. The minimum atomic E-state index is -0.120. The highest BCUT2D eigenvalue weighted by Crippen LogP contribution is 2.36. The number of unbranched alkanes of at least 4 members (excludes halogenated alkanes) is 9. The number of rotatable bonds is 16. The van der Waals surface area contributed by atoms with E-state index in [0.29, 0.717) is 13.2 Å². The van der Waals surface area contributed by atoms with Crippen LogP contribution in [0.2, 0.25) is 0 Å². The van der Waals surface area contributed by atoms with Crippen LogP contribution in [0.5, 0.6) is 11.5 Å². The smallest absolute Gasteiger partial charge is 0.169 e. The molecule has 31 heavy (non-hydrogen) atoms. The zero-order valence-electron chi connectivity index (χ0n) is 20.6. The number of aryl methyl sites for hydroxylation is 1. The van der Waals surface area contributed by atoms with Crippen LogP contribution in [0.15, 0.2) is 12.1 Å². The maximum absolute atomic E-state index is 13.2. The van der Waals surface area contributed by atoms with Crippen molar-refractivity contribution in [2.24, 2.45) is 0 Å². The van der Waals surface area contributed by atoms with Gasteiger partial charge in [0.2, 0.25) is 0 Å². The molecule has 1 heterocycles. The molecule has 1 saturated heterocycles. The Bertz CT molecular complexity index is 611. The van der Waals surface area contributed by atoms with Crippen LogP contribution in [0.1, 0.15) is 108 Å². The standard InChI is InChI=1S/C27H47NO3/c1-4-6-7-8-9-10-11-12-13-17-20-31-27-25(21-24(5-2)22-26(27)30-3)23-28(29)18-15-14-16-19-28/h21-22H,4-20,23H2,1-3H3. The van der Waals surface area contributed by atoms with Crippen molar-refractivity contribution < 1.29 is 14.1 Å². The fourth-order valence-electron chi connectivity index (χ4n) is 4.68. The van der Waals surface area contributed by atoms with E-state index in [4.69, 9.17) is 9.47 Å². The lowest BCUT2D eigenvalue weighted by molar-refractivity contribution is -0.898. The molecular weight excluding hydrogens is 386 g/mol. The second kappa shape index (κ2) is 14.7. The first-order valence-electron chi connectivity index (χ1n) is 13.0. The lowest BCUT2D eigenvalue weighted by atomic mass is 10.0. The molecule has 1 fully saturated rings. The summed E-state index contributed by atoms with van der Waals surface area (Å²) in [5.41, 5.74) is 2.24. The average Bonchev–Trinajstić information content (AvgIpc) is 2.78. The van der Waals surface area contributed by atoms with Crippen molar-refractivity contribution in [3.05, 3.63) is 28.5 Å². The lowest BCUT2D eigenvalue weighted by Crippen LogP contribution is -2.45. The van der Waals surface area contributed by atoms with Crippen LogP contribution in [0, 0.1) is 5.21 Å². The van der Waals surface area contributed by atoms with Crippen LogP contribution >= 0.6 is 0 Å². The Morgan fingerprint density at radius 3 is 2.03 bits per heavy atom. The van der Waals surface area contributed by atoms with Crippen molar-refractivity contribution in [1.82, 2.24) is 0 Å². The van der Waals surface area contributed by atoms with E-state index in [9.17, 15) is 5.21 Å². The molecule has 1 aromatic rings. The van der Waals surface area contributed by atoms with Crippen molar-refractivity contribution in [3.8, 4) is 11.5 Å². The van der Waals surface area contributed by atoms with Gasteiger partial charge in [0.05, 0.1) is 32.4 Å². The molecule has 1 aromatic carbocycles. The maximum atomic E-state index is 13.2. The van der Waals surface area contributed by atoms with Crippen LogP contribution in [-0.2, 0) is 13.0 Å². The van der Waals surface area contributed by atoms with Crippen molar-refractivity contribution in [3.63, 3.8) is 0 Å². The first-order chi connectivity index (χ1) is 15.1. The number of ether oxygens (including phenoxy) is 2. The molecule has 0 atom stereocenters. The zero-order chi connectivity index (χ0) is 22.4. The molecule has 0 N–H and O–H groups in total. The quantitative estimate of drug-likeness (QED) is 0.153. The molecule has 0 aliphatic carbocycles. The van der Waals surface area contributed by atoms with E-state index in [2.05, 4.69) is 26.0 Å². The summed E-state index contributed by atoms with van der Waals surface area (Å²) in [6, 6.07) is 4.24. The normalized spacial score (nSPS) is 15.7. The van der Waals surface area contributed by atoms with Crippen molar-refractivity contribution >= 4 is 0 Å². The Morgan fingerprint density at radius 1 is 0.839 bits per heavy atom. The number of hydroxylamine groups is 3. The van der Waals surface area contributed by atoms with Crippen molar-refractivity contribution in [2.75, 3.05) is 26.8 Å². The number of hydrogen-bond donors (Lipinski definition) is 0. The van der Waals surface area contributed by atoms with Gasteiger partial charge in [-0.15, -0.1) is 0 Å². The highest BCUT2D eigenvalue weighted by molar-refractivity contribution is 5.49. The molecule has 0 aromatic heterocycles. The molecule has 0 unspecified atom stereocenters. The van der Waals surface area contributed by atoms with Gasteiger partial charge in [0, 0.05) is 0 Å². The molecule has 4 heteroatoms. The fourth-order valence-corrected chi connectivity index (χ4v) is 4.68. The molecule has 0 bridgehead atoms. The summed E-state index contributed by atoms with van der Waals surface area (Å²) in [6.45, 7) is 7.05. The van der Waals surface area contributed by atoms with Gasteiger partial charge >= 0.3 is 0 Å². The third kappa shape index (κ3) is 9.41. The van der Waals surface area contributed by atoms with Crippen LogP contribution in [-0.4, -0.2) is 31.5 Å². The Balaban J connectivity index is 1.83. The number of hydrogen-bond acceptors (Lipinski definition) is 3. The predicted octanol–water partition coefficient (Wildman–Crippen LogP) is 7.56. The second-order valence-corrected chi connectivity index (χ2v) is 9.39. The summed E-state index contributed by atoms with van der Waals surface area (Å²) in [4.78, 5) is 0. The lowest BCUT2D eigenvalue weighted by Gasteiger charge is -2.45. The van der Waals surface area contributed by atoms with E-state index >= 15 is 0 Å². The third-order valence-electron chi connectivity index (χ3n) is 6.65. The second-order valence-electron chi connectivity index (χ2n) is 9.39. The largest absolute Gasteiger partial charge is 0.633 e. The topological polar surface area (TPSA) is 41.5 Å². The number of benzene rings is 1. The Kier molecular flexibility index (Phi) is 12.4. The SMILES string of the molecule is CCCCCCCCCCCCOc1c(C[N+]2([O-])CCCCC2)cc(CC)cc1OC. The zero-order valence-corrected chi connectivity index (χ0v) is 20.6. The Morgan fingerprint density at radius 2 is 1.45 bits per heavy atom. The predicted molar refractivity (Wildman–Crippen MR) is 131 cm³/mol. The van der Waals surface area contributed by atoms with Crippen LogP contribution < -0.4 is 9.47 Å². The van der Waals surface area contributed by atoms with Gasteiger partial charge in [0.15, 0.2) is 11.5 Å². The number of piperidine rings is 1. The summed E-state index contributed by atoms with van der Waals surface area (Å²) >= 11 is 0. The van der Waals surface area contributed by atoms with Gasteiger partial charge < -0.3 is 19.3 Å². The first kappa shape index (κ1) is 26.0. The first-order valence-corrected chi connectivity index (χ1v) is 13.0. The van der Waals surface area contributed by atoms with Gasteiger partial charge in [0.1, 0.15) is 6.54 Å². The van der Waals surface area contributed by atoms with Crippen LogP contribution in [0.25, 0.3) is 0 Å². The Labute approximate surface area is 191 Å². The molecule has 0 spiro atoms. The summed E-state index contributed by atoms with van der Waals surface area (Å²) in [7, 11) is 1.70. The Hall–Kier alpha value is -1.26.